The Balaban J connectivity index is 2.11. The van der Waals surface area contributed by atoms with Crippen LogP contribution in [0.3, 0.4) is 0 Å². The van der Waals surface area contributed by atoms with Crippen molar-refractivity contribution in [3.63, 3.8) is 0 Å². The molecule has 0 fully saturated rings. The molecule has 0 unspecified atom stereocenters. The van der Waals surface area contributed by atoms with Gasteiger partial charge in [0, 0.05) is 25.2 Å². The highest BCUT2D eigenvalue weighted by Crippen LogP contribution is 2.23. The van der Waals surface area contributed by atoms with Crippen molar-refractivity contribution in [2.75, 3.05) is 7.05 Å². The summed E-state index contributed by atoms with van der Waals surface area (Å²) in [6.07, 6.45) is 3.83. The molecule has 20 heavy (non-hydrogen) atoms. The smallest absolute Gasteiger partial charge is 0.128 e. The minimum absolute atomic E-state index is 0.427. The molecule has 1 aromatic heterocycles. The van der Waals surface area contributed by atoms with E-state index in [9.17, 15) is 0 Å². The standard InChI is InChI=1S/C17H23N3/c1-4-16(14-9-7-6-8-10-14)20(3)13-15-11-12-18-17(5-2)19-15/h6-12,16H,4-5,13H2,1-3H3/t16-/m1/s1. The molecule has 0 aliphatic heterocycles. The molecule has 0 bridgehead atoms. The highest BCUT2D eigenvalue weighted by atomic mass is 15.1. The summed E-state index contributed by atoms with van der Waals surface area (Å²) in [5.41, 5.74) is 2.45. The summed E-state index contributed by atoms with van der Waals surface area (Å²) in [4.78, 5) is 11.2. The van der Waals surface area contributed by atoms with Crippen LogP contribution in [0.2, 0.25) is 0 Å². The minimum atomic E-state index is 0.427. The summed E-state index contributed by atoms with van der Waals surface area (Å²) in [5.74, 6) is 0.920. The van der Waals surface area contributed by atoms with E-state index in [1.165, 1.54) is 5.56 Å². The third kappa shape index (κ3) is 3.64. The van der Waals surface area contributed by atoms with Crippen LogP contribution in [0.25, 0.3) is 0 Å². The molecule has 0 spiro atoms. The Morgan fingerprint density at radius 2 is 1.85 bits per heavy atom. The second-order valence-corrected chi connectivity index (χ2v) is 5.07. The lowest BCUT2D eigenvalue weighted by Crippen LogP contribution is -2.24. The molecule has 0 amide bonds. The molecule has 0 saturated carbocycles. The molecule has 106 valence electrons. The van der Waals surface area contributed by atoms with Gasteiger partial charge in [0.05, 0.1) is 5.69 Å². The maximum Gasteiger partial charge on any atom is 0.128 e. The van der Waals surface area contributed by atoms with Crippen LogP contribution in [-0.4, -0.2) is 21.9 Å². The highest BCUT2D eigenvalue weighted by molar-refractivity contribution is 5.19. The first kappa shape index (κ1) is 14.7. The zero-order valence-electron chi connectivity index (χ0n) is 12.6. The number of aromatic nitrogens is 2. The summed E-state index contributed by atoms with van der Waals surface area (Å²) in [5, 5.41) is 0. The first-order valence-corrected chi connectivity index (χ1v) is 7.30. The number of aryl methyl sites for hydroxylation is 1. The van der Waals surface area contributed by atoms with E-state index >= 15 is 0 Å². The third-order valence-corrected chi connectivity index (χ3v) is 3.59. The fourth-order valence-electron chi connectivity index (χ4n) is 2.54. The van der Waals surface area contributed by atoms with Crippen molar-refractivity contribution in [2.45, 2.75) is 39.3 Å². The molecule has 1 heterocycles. The van der Waals surface area contributed by atoms with E-state index in [0.717, 1.165) is 30.9 Å². The van der Waals surface area contributed by atoms with E-state index in [1.807, 2.05) is 12.3 Å². The van der Waals surface area contributed by atoms with Crippen molar-refractivity contribution < 1.29 is 0 Å². The summed E-state index contributed by atoms with van der Waals surface area (Å²) >= 11 is 0. The Labute approximate surface area is 121 Å². The van der Waals surface area contributed by atoms with Gasteiger partial charge >= 0.3 is 0 Å². The molecule has 2 rings (SSSR count). The Bertz CT molecular complexity index is 525. The minimum Gasteiger partial charge on any atom is -0.294 e. The van der Waals surface area contributed by atoms with Gasteiger partial charge in [-0.25, -0.2) is 9.97 Å². The van der Waals surface area contributed by atoms with E-state index in [2.05, 4.69) is 66.1 Å². The first-order chi connectivity index (χ1) is 9.74. The second kappa shape index (κ2) is 7.15. The van der Waals surface area contributed by atoms with E-state index < -0.39 is 0 Å². The van der Waals surface area contributed by atoms with E-state index in [-0.39, 0.29) is 0 Å². The van der Waals surface area contributed by atoms with E-state index in [0.29, 0.717) is 6.04 Å². The number of hydrogen-bond donors (Lipinski definition) is 0. The predicted molar refractivity (Wildman–Crippen MR) is 82.4 cm³/mol. The maximum absolute atomic E-state index is 4.59. The predicted octanol–water partition coefficient (Wildman–Crippen LogP) is 3.62. The quantitative estimate of drug-likeness (QED) is 0.802. The van der Waals surface area contributed by atoms with Gasteiger partial charge in [-0.2, -0.15) is 0 Å². The van der Waals surface area contributed by atoms with Crippen molar-refractivity contribution in [2.24, 2.45) is 0 Å². The average molecular weight is 269 g/mol. The van der Waals surface area contributed by atoms with Crippen molar-refractivity contribution in [1.29, 1.82) is 0 Å². The molecule has 3 nitrogen and oxygen atoms in total. The molecule has 1 atom stereocenters. The molecule has 3 heteroatoms. The summed E-state index contributed by atoms with van der Waals surface area (Å²) < 4.78 is 0. The molecule has 0 aliphatic rings. The Morgan fingerprint density at radius 1 is 1.10 bits per heavy atom. The fraction of sp³-hybridized carbons (Fsp3) is 0.412. The fourth-order valence-corrected chi connectivity index (χ4v) is 2.54. The van der Waals surface area contributed by atoms with Crippen molar-refractivity contribution in [1.82, 2.24) is 14.9 Å². The molecule has 0 saturated heterocycles. The zero-order chi connectivity index (χ0) is 14.4. The molecule has 2 aromatic rings. The number of hydrogen-bond acceptors (Lipinski definition) is 3. The van der Waals surface area contributed by atoms with Crippen LogP contribution in [0.15, 0.2) is 42.6 Å². The van der Waals surface area contributed by atoms with Crippen molar-refractivity contribution in [3.8, 4) is 0 Å². The van der Waals surface area contributed by atoms with Gasteiger partial charge < -0.3 is 0 Å². The molecule has 0 radical (unpaired) electrons. The lowest BCUT2D eigenvalue weighted by Gasteiger charge is -2.27. The van der Waals surface area contributed by atoms with Crippen molar-refractivity contribution in [3.05, 3.63) is 59.7 Å². The van der Waals surface area contributed by atoms with Crippen LogP contribution in [0.1, 0.15) is 43.4 Å². The van der Waals surface area contributed by atoms with Crippen LogP contribution >= 0.6 is 0 Å². The maximum atomic E-state index is 4.59. The normalized spacial score (nSPS) is 12.6. The van der Waals surface area contributed by atoms with Gasteiger partial charge in [-0.3, -0.25) is 4.90 Å². The molecule has 0 aliphatic carbocycles. The Kier molecular flexibility index (Phi) is 5.24. The van der Waals surface area contributed by atoms with Crippen molar-refractivity contribution >= 4 is 0 Å². The summed E-state index contributed by atoms with van der Waals surface area (Å²) in [7, 11) is 2.16. The van der Waals surface area contributed by atoms with Gasteiger partial charge in [-0.05, 0) is 25.1 Å². The highest BCUT2D eigenvalue weighted by Gasteiger charge is 2.15. The number of benzene rings is 1. The third-order valence-electron chi connectivity index (χ3n) is 3.59. The van der Waals surface area contributed by atoms with Gasteiger partial charge in [-0.1, -0.05) is 44.2 Å². The van der Waals surface area contributed by atoms with E-state index in [4.69, 9.17) is 0 Å². The topological polar surface area (TPSA) is 29.0 Å². The Hall–Kier alpha value is -1.74. The average Bonchev–Trinajstić information content (AvgIpc) is 2.49. The molecule has 0 N–H and O–H groups in total. The van der Waals surface area contributed by atoms with Crippen LogP contribution < -0.4 is 0 Å². The lowest BCUT2D eigenvalue weighted by atomic mass is 10.0. The van der Waals surface area contributed by atoms with Gasteiger partial charge in [-0.15, -0.1) is 0 Å². The van der Waals surface area contributed by atoms with Gasteiger partial charge in [0.1, 0.15) is 5.82 Å². The lowest BCUT2D eigenvalue weighted by molar-refractivity contribution is 0.227. The largest absolute Gasteiger partial charge is 0.294 e. The number of rotatable bonds is 6. The van der Waals surface area contributed by atoms with Gasteiger partial charge in [0.2, 0.25) is 0 Å². The zero-order valence-corrected chi connectivity index (χ0v) is 12.6. The van der Waals surface area contributed by atoms with Crippen LogP contribution in [-0.2, 0) is 13.0 Å². The molecular weight excluding hydrogens is 246 g/mol. The van der Waals surface area contributed by atoms with Gasteiger partial charge in [0.15, 0.2) is 0 Å². The monoisotopic (exact) mass is 269 g/mol. The SMILES string of the molecule is CCc1nccc(CN(C)[C@H](CC)c2ccccc2)n1. The summed E-state index contributed by atoms with van der Waals surface area (Å²) in [6.45, 7) is 5.16. The van der Waals surface area contributed by atoms with Crippen LogP contribution in [0.4, 0.5) is 0 Å². The Morgan fingerprint density at radius 3 is 2.50 bits per heavy atom. The number of nitrogens with zero attached hydrogens (tertiary/aromatic N) is 3. The molecular formula is C17H23N3. The van der Waals surface area contributed by atoms with Gasteiger partial charge in [0.25, 0.3) is 0 Å². The summed E-state index contributed by atoms with van der Waals surface area (Å²) in [6, 6.07) is 13.1. The van der Waals surface area contributed by atoms with E-state index in [1.54, 1.807) is 0 Å². The van der Waals surface area contributed by atoms with Crippen LogP contribution in [0, 0.1) is 0 Å². The van der Waals surface area contributed by atoms with Crippen LogP contribution in [0.5, 0.6) is 0 Å². The first-order valence-electron chi connectivity index (χ1n) is 7.30. The second-order valence-electron chi connectivity index (χ2n) is 5.07. The molecule has 1 aromatic carbocycles.